The van der Waals surface area contributed by atoms with Crippen molar-refractivity contribution in [1.82, 2.24) is 4.57 Å². The molecule has 0 N–H and O–H groups in total. The zero-order chi connectivity index (χ0) is 26.3. The third-order valence-corrected chi connectivity index (χ3v) is 8.05. The van der Waals surface area contributed by atoms with E-state index < -0.39 is 27.7 Å². The first-order valence-electron chi connectivity index (χ1n) is 11.5. The maximum Gasteiger partial charge on any atom is 0.338 e. The summed E-state index contributed by atoms with van der Waals surface area (Å²) in [6, 6.07) is 11.4. The number of sulfone groups is 1. The lowest BCUT2D eigenvalue weighted by atomic mass is 10.2. The molecule has 0 saturated carbocycles. The lowest BCUT2D eigenvalue weighted by molar-refractivity contribution is -0.143. The van der Waals surface area contributed by atoms with Gasteiger partial charge in [0.05, 0.1) is 39.6 Å². The van der Waals surface area contributed by atoms with Gasteiger partial charge in [-0.1, -0.05) is 29.0 Å². The number of carbonyl (C=O) groups is 3. The predicted octanol–water partition coefficient (Wildman–Crippen LogP) is 3.43. The Bertz CT molecular complexity index is 1440. The van der Waals surface area contributed by atoms with Crippen molar-refractivity contribution in [1.29, 1.82) is 0 Å². The Morgan fingerprint density at radius 3 is 2.36 bits per heavy atom. The zero-order valence-corrected chi connectivity index (χ0v) is 22.0. The first kappa shape index (κ1) is 27.3. The normalized spacial score (nSPS) is 12.0. The highest BCUT2D eigenvalue weighted by atomic mass is 32.2. The maximum absolute atomic E-state index is 12.6. The minimum absolute atomic E-state index is 0.0766. The van der Waals surface area contributed by atoms with Crippen molar-refractivity contribution >= 4 is 49.2 Å². The molecule has 0 saturated heterocycles. The molecule has 0 radical (unpaired) electrons. The van der Waals surface area contributed by atoms with E-state index in [4.69, 9.17) is 9.47 Å². The van der Waals surface area contributed by atoms with Crippen molar-refractivity contribution in [3.63, 3.8) is 0 Å². The molecule has 36 heavy (non-hydrogen) atoms. The highest BCUT2D eigenvalue weighted by Crippen LogP contribution is 2.20. The first-order chi connectivity index (χ1) is 17.1. The Morgan fingerprint density at radius 2 is 1.69 bits per heavy atom. The van der Waals surface area contributed by atoms with Gasteiger partial charge < -0.3 is 14.0 Å². The quantitative estimate of drug-likeness (QED) is 0.367. The van der Waals surface area contributed by atoms with Gasteiger partial charge in [-0.3, -0.25) is 9.59 Å². The number of aromatic nitrogens is 1. The van der Waals surface area contributed by atoms with Crippen LogP contribution in [0.2, 0.25) is 0 Å². The number of carbonyl (C=O) groups excluding carboxylic acids is 3. The van der Waals surface area contributed by atoms with Gasteiger partial charge >= 0.3 is 11.9 Å². The van der Waals surface area contributed by atoms with Crippen molar-refractivity contribution in [3.05, 3.63) is 58.4 Å². The molecule has 1 heterocycles. The lowest BCUT2D eigenvalue weighted by Crippen LogP contribution is -2.23. The van der Waals surface area contributed by atoms with Crippen LogP contribution in [0.1, 0.15) is 42.6 Å². The molecule has 0 bridgehead atoms. The molecule has 0 aliphatic heterocycles. The van der Waals surface area contributed by atoms with E-state index in [0.717, 1.165) is 16.9 Å². The van der Waals surface area contributed by atoms with Crippen LogP contribution in [0, 0.1) is 6.92 Å². The second kappa shape index (κ2) is 12.1. The molecule has 0 unspecified atom stereocenters. The van der Waals surface area contributed by atoms with Crippen LogP contribution in [0.25, 0.3) is 10.2 Å². The molecule has 1 aromatic heterocycles. The van der Waals surface area contributed by atoms with Gasteiger partial charge in [-0.15, -0.1) is 0 Å². The summed E-state index contributed by atoms with van der Waals surface area (Å²) in [5.41, 5.74) is 1.90. The Balaban J connectivity index is 1.84. The predicted molar refractivity (Wildman–Crippen MR) is 135 cm³/mol. The van der Waals surface area contributed by atoms with Crippen LogP contribution in [0.15, 0.2) is 52.4 Å². The molecule has 192 valence electrons. The van der Waals surface area contributed by atoms with Crippen LogP contribution in [0.3, 0.4) is 0 Å². The lowest BCUT2D eigenvalue weighted by Gasteiger charge is -2.06. The molecule has 0 atom stereocenters. The molecule has 3 aromatic rings. The number of aryl methyl sites for hydroxylation is 1. The van der Waals surface area contributed by atoms with Crippen LogP contribution >= 0.6 is 11.3 Å². The van der Waals surface area contributed by atoms with E-state index >= 15 is 0 Å². The van der Waals surface area contributed by atoms with Crippen LogP contribution in [-0.2, 0) is 35.4 Å². The number of rotatable bonds is 10. The van der Waals surface area contributed by atoms with Gasteiger partial charge in [-0.05, 0) is 57.5 Å². The van der Waals surface area contributed by atoms with Crippen molar-refractivity contribution in [2.45, 2.75) is 45.1 Å². The van der Waals surface area contributed by atoms with Gasteiger partial charge in [0.15, 0.2) is 14.6 Å². The monoisotopic (exact) mass is 532 g/mol. The number of benzene rings is 2. The smallest absolute Gasteiger partial charge is 0.338 e. The topological polar surface area (TPSA) is 121 Å². The molecule has 11 heteroatoms. The Labute approximate surface area is 213 Å². The van der Waals surface area contributed by atoms with E-state index in [2.05, 4.69) is 4.99 Å². The Kier molecular flexibility index (Phi) is 9.16. The fourth-order valence-electron chi connectivity index (χ4n) is 3.43. The fourth-order valence-corrected chi connectivity index (χ4v) is 5.82. The summed E-state index contributed by atoms with van der Waals surface area (Å²) in [5, 5.41) is 0. The fraction of sp³-hybridized carbons (Fsp3) is 0.360. The van der Waals surface area contributed by atoms with E-state index in [9.17, 15) is 22.8 Å². The maximum atomic E-state index is 12.6. The third kappa shape index (κ3) is 6.88. The number of ether oxygens (including phenoxy) is 2. The van der Waals surface area contributed by atoms with Gasteiger partial charge in [-0.2, -0.15) is 4.99 Å². The van der Waals surface area contributed by atoms with Gasteiger partial charge in [0.25, 0.3) is 0 Å². The van der Waals surface area contributed by atoms with Crippen LogP contribution in [-0.4, -0.2) is 49.8 Å². The summed E-state index contributed by atoms with van der Waals surface area (Å²) in [4.78, 5) is 41.5. The van der Waals surface area contributed by atoms with E-state index in [1.54, 1.807) is 60.9 Å². The Morgan fingerprint density at radius 1 is 1.00 bits per heavy atom. The molecule has 9 nitrogen and oxygen atoms in total. The standard InChI is InChI=1S/C25H28N2O7S2/c1-4-33-23(29)16-27-20-13-10-18(24(30)34-5-2)15-21(20)35-25(27)26-22(28)7-6-14-36(31,32)19-11-8-17(3)9-12-19/h8-13,15H,4-7,14,16H2,1-3H3. The van der Waals surface area contributed by atoms with Gasteiger partial charge in [0.2, 0.25) is 5.91 Å². The number of fused-ring (bicyclic) bond motifs is 1. The van der Waals surface area contributed by atoms with Gasteiger partial charge in [0.1, 0.15) is 6.54 Å². The number of hydrogen-bond acceptors (Lipinski definition) is 8. The number of amides is 1. The third-order valence-electron chi connectivity index (χ3n) is 5.19. The molecular weight excluding hydrogens is 504 g/mol. The van der Waals surface area contributed by atoms with Crippen molar-refractivity contribution in [2.24, 2.45) is 4.99 Å². The number of nitrogens with zero attached hydrogens (tertiary/aromatic N) is 2. The van der Waals surface area contributed by atoms with Crippen molar-refractivity contribution in [3.8, 4) is 0 Å². The zero-order valence-electron chi connectivity index (χ0n) is 20.4. The molecule has 0 fully saturated rings. The number of esters is 2. The van der Waals surface area contributed by atoms with E-state index in [1.807, 2.05) is 6.92 Å². The molecule has 1 amide bonds. The molecule has 2 aromatic carbocycles. The van der Waals surface area contributed by atoms with Crippen LogP contribution < -0.4 is 4.80 Å². The first-order valence-corrected chi connectivity index (χ1v) is 13.9. The minimum Gasteiger partial charge on any atom is -0.465 e. The summed E-state index contributed by atoms with van der Waals surface area (Å²) in [6.07, 6.45) is 0.0289. The molecule has 3 rings (SSSR count). The summed E-state index contributed by atoms with van der Waals surface area (Å²) in [7, 11) is -3.52. The van der Waals surface area contributed by atoms with E-state index in [1.165, 1.54) is 0 Å². The molecular formula is C25H28N2O7S2. The highest BCUT2D eigenvalue weighted by molar-refractivity contribution is 7.91. The SMILES string of the molecule is CCOC(=O)Cn1c(=NC(=O)CCCS(=O)(=O)c2ccc(C)cc2)sc2cc(C(=O)OCC)ccc21. The summed E-state index contributed by atoms with van der Waals surface area (Å²) in [5.74, 6) is -1.67. The van der Waals surface area contributed by atoms with Gasteiger partial charge in [-0.25, -0.2) is 13.2 Å². The largest absolute Gasteiger partial charge is 0.465 e. The molecule has 0 aliphatic rings. The minimum atomic E-state index is -3.52. The van der Waals surface area contributed by atoms with E-state index in [0.29, 0.717) is 15.8 Å². The summed E-state index contributed by atoms with van der Waals surface area (Å²) in [6.45, 7) is 5.55. The molecule has 0 spiro atoms. The van der Waals surface area contributed by atoms with Crippen molar-refractivity contribution in [2.75, 3.05) is 19.0 Å². The average Bonchev–Trinajstić information content (AvgIpc) is 3.15. The van der Waals surface area contributed by atoms with Gasteiger partial charge in [0, 0.05) is 6.42 Å². The summed E-state index contributed by atoms with van der Waals surface area (Å²) >= 11 is 1.14. The number of thiazole rings is 1. The van der Waals surface area contributed by atoms with Crippen LogP contribution in [0.5, 0.6) is 0 Å². The second-order valence-corrected chi connectivity index (χ2v) is 11.0. The highest BCUT2D eigenvalue weighted by Gasteiger charge is 2.17. The van der Waals surface area contributed by atoms with E-state index in [-0.39, 0.29) is 48.0 Å². The Hall–Kier alpha value is -3.31. The average molecular weight is 533 g/mol. The summed E-state index contributed by atoms with van der Waals surface area (Å²) < 4.78 is 37.4. The number of hydrogen-bond donors (Lipinski definition) is 0. The van der Waals surface area contributed by atoms with Crippen LogP contribution in [0.4, 0.5) is 0 Å². The molecule has 0 aliphatic carbocycles. The van der Waals surface area contributed by atoms with Crippen molar-refractivity contribution < 1.29 is 32.3 Å². The second-order valence-electron chi connectivity index (χ2n) is 7.92.